The molecule has 0 atom stereocenters. The number of aliphatic imine (C=N–C) groups is 1. The van der Waals surface area contributed by atoms with E-state index in [0.717, 1.165) is 0 Å². The van der Waals surface area contributed by atoms with Crippen LogP contribution in [-0.2, 0) is 0 Å². The summed E-state index contributed by atoms with van der Waals surface area (Å²) in [6, 6.07) is 0. The van der Waals surface area contributed by atoms with Gasteiger partial charge in [0, 0.05) is 5.54 Å². The zero-order valence-corrected chi connectivity index (χ0v) is 9.47. The van der Waals surface area contributed by atoms with E-state index in [9.17, 15) is 0 Å². The summed E-state index contributed by atoms with van der Waals surface area (Å²) in [6.07, 6.45) is 1.86. The lowest BCUT2D eigenvalue weighted by Crippen LogP contribution is -2.39. The predicted molar refractivity (Wildman–Crippen MR) is 60.6 cm³/mol. The van der Waals surface area contributed by atoms with E-state index in [-0.39, 0.29) is 5.54 Å². The fourth-order valence-corrected chi connectivity index (χ4v) is 1.14. The molecule has 0 aromatic heterocycles. The third-order valence-corrected chi connectivity index (χ3v) is 1.61. The second-order valence-corrected chi connectivity index (χ2v) is 4.55. The topological polar surface area (TPSA) is 50.4 Å². The lowest BCUT2D eigenvalue weighted by atomic mass is 10.1. The van der Waals surface area contributed by atoms with Gasteiger partial charge in [0.15, 0.2) is 10.3 Å². The first-order valence-electron chi connectivity index (χ1n) is 3.55. The smallest absolute Gasteiger partial charge is 0.195 e. The average molecular weight is 205 g/mol. The Morgan fingerprint density at radius 2 is 2.00 bits per heavy atom. The second kappa shape index (κ2) is 4.67. The molecule has 0 aliphatic rings. The van der Waals surface area contributed by atoms with Crippen LogP contribution in [0.4, 0.5) is 0 Å². The highest BCUT2D eigenvalue weighted by atomic mass is 32.2. The third-order valence-electron chi connectivity index (χ3n) is 0.903. The van der Waals surface area contributed by atoms with E-state index in [1.165, 1.54) is 11.8 Å². The number of rotatable bonds is 0. The van der Waals surface area contributed by atoms with Gasteiger partial charge in [-0.1, -0.05) is 11.8 Å². The van der Waals surface area contributed by atoms with Crippen molar-refractivity contribution in [3.8, 4) is 0 Å². The molecule has 0 heterocycles. The number of thiocarbonyl (C=S) groups is 1. The van der Waals surface area contributed by atoms with E-state index >= 15 is 0 Å². The van der Waals surface area contributed by atoms with Crippen LogP contribution in [0.1, 0.15) is 20.8 Å². The molecule has 0 saturated carbocycles. The molecule has 0 saturated heterocycles. The zero-order chi connectivity index (χ0) is 9.78. The van der Waals surface area contributed by atoms with Crippen molar-refractivity contribution in [3.05, 3.63) is 0 Å². The van der Waals surface area contributed by atoms with Crippen LogP contribution in [0, 0.1) is 0 Å². The summed E-state index contributed by atoms with van der Waals surface area (Å²) in [5.74, 6) is 0. The van der Waals surface area contributed by atoms with Gasteiger partial charge in [-0.15, -0.1) is 0 Å². The van der Waals surface area contributed by atoms with Crippen LogP contribution in [0.5, 0.6) is 0 Å². The molecule has 3 N–H and O–H groups in total. The Morgan fingerprint density at radius 1 is 1.50 bits per heavy atom. The van der Waals surface area contributed by atoms with Gasteiger partial charge in [0.1, 0.15) is 0 Å². The van der Waals surface area contributed by atoms with E-state index in [1.807, 2.05) is 27.0 Å². The van der Waals surface area contributed by atoms with Crippen molar-refractivity contribution in [2.45, 2.75) is 26.3 Å². The van der Waals surface area contributed by atoms with E-state index in [1.54, 1.807) is 0 Å². The summed E-state index contributed by atoms with van der Waals surface area (Å²) in [5.41, 5.74) is 5.42. The summed E-state index contributed by atoms with van der Waals surface area (Å²) >= 11 is 6.33. The lowest BCUT2D eigenvalue weighted by molar-refractivity contribution is 0.513. The molecule has 70 valence electrons. The normalized spacial score (nSPS) is 12.8. The van der Waals surface area contributed by atoms with E-state index < -0.39 is 0 Å². The molecule has 0 rings (SSSR count). The summed E-state index contributed by atoms with van der Waals surface area (Å²) in [4.78, 5) is 3.96. The summed E-state index contributed by atoms with van der Waals surface area (Å²) < 4.78 is 0. The third kappa shape index (κ3) is 6.42. The van der Waals surface area contributed by atoms with Gasteiger partial charge in [0.25, 0.3) is 0 Å². The molecule has 0 aliphatic heterocycles. The maximum absolute atomic E-state index is 5.48. The molecule has 5 heteroatoms. The molecule has 0 aromatic carbocycles. The fraction of sp³-hybridized carbons (Fsp3) is 0.714. The number of hydrogen-bond donors (Lipinski definition) is 2. The second-order valence-electron chi connectivity index (χ2n) is 3.33. The SMILES string of the molecule is CS/C(N)=N/C(=S)NC(C)(C)C. The number of nitrogens with one attached hydrogen (secondary N) is 1. The number of amidine groups is 1. The van der Waals surface area contributed by atoms with Gasteiger partial charge in [-0.05, 0) is 39.2 Å². The number of hydrogen-bond acceptors (Lipinski definition) is 2. The van der Waals surface area contributed by atoms with Gasteiger partial charge in [0.05, 0.1) is 0 Å². The molecule has 0 amide bonds. The minimum Gasteiger partial charge on any atom is -0.378 e. The molecule has 0 aliphatic carbocycles. The van der Waals surface area contributed by atoms with Crippen molar-refractivity contribution in [1.29, 1.82) is 0 Å². The van der Waals surface area contributed by atoms with Crippen LogP contribution in [0.2, 0.25) is 0 Å². The minimum atomic E-state index is -0.0563. The molecule has 0 aromatic rings. The highest BCUT2D eigenvalue weighted by Gasteiger charge is 2.10. The molecule has 12 heavy (non-hydrogen) atoms. The van der Waals surface area contributed by atoms with Crippen LogP contribution in [0.25, 0.3) is 0 Å². The van der Waals surface area contributed by atoms with E-state index in [2.05, 4.69) is 10.3 Å². The monoisotopic (exact) mass is 205 g/mol. The first-order chi connectivity index (χ1) is 5.35. The molecule has 0 fully saturated rings. The van der Waals surface area contributed by atoms with Crippen molar-refractivity contribution in [1.82, 2.24) is 5.32 Å². The molecule has 0 unspecified atom stereocenters. The molecular weight excluding hydrogens is 190 g/mol. The van der Waals surface area contributed by atoms with Crippen molar-refractivity contribution >= 4 is 34.3 Å². The Morgan fingerprint density at radius 3 is 2.33 bits per heavy atom. The molecular formula is C7H15N3S2. The van der Waals surface area contributed by atoms with Gasteiger partial charge in [-0.3, -0.25) is 0 Å². The minimum absolute atomic E-state index is 0.0563. The summed E-state index contributed by atoms with van der Waals surface area (Å²) in [6.45, 7) is 6.05. The standard InChI is InChI=1S/C7H15N3S2/c1-7(2,3)10-6(11)9-5(8)12-4/h1-4H3,(H3,8,9,10,11). The van der Waals surface area contributed by atoms with Gasteiger partial charge in [-0.25, -0.2) is 0 Å². The first kappa shape index (κ1) is 11.7. The Labute approximate surface area is 83.2 Å². The van der Waals surface area contributed by atoms with E-state index in [4.69, 9.17) is 18.0 Å². The van der Waals surface area contributed by atoms with Gasteiger partial charge >= 0.3 is 0 Å². The average Bonchev–Trinajstić information content (AvgIpc) is 1.82. The maximum Gasteiger partial charge on any atom is 0.195 e. The Kier molecular flexibility index (Phi) is 4.55. The van der Waals surface area contributed by atoms with Crippen molar-refractivity contribution in [3.63, 3.8) is 0 Å². The highest BCUT2D eigenvalue weighted by Crippen LogP contribution is 2.00. The van der Waals surface area contributed by atoms with Crippen molar-refractivity contribution in [2.24, 2.45) is 10.7 Å². The van der Waals surface area contributed by atoms with Crippen LogP contribution >= 0.6 is 24.0 Å². The quantitative estimate of drug-likeness (QED) is 0.356. The number of nitrogens with zero attached hydrogens (tertiary/aromatic N) is 1. The number of thioether (sulfide) groups is 1. The van der Waals surface area contributed by atoms with Crippen molar-refractivity contribution < 1.29 is 0 Å². The molecule has 0 radical (unpaired) electrons. The van der Waals surface area contributed by atoms with Crippen LogP contribution < -0.4 is 11.1 Å². The lowest BCUT2D eigenvalue weighted by Gasteiger charge is -2.20. The molecule has 3 nitrogen and oxygen atoms in total. The van der Waals surface area contributed by atoms with Gasteiger partial charge in [-0.2, -0.15) is 4.99 Å². The predicted octanol–water partition coefficient (Wildman–Crippen LogP) is 1.34. The first-order valence-corrected chi connectivity index (χ1v) is 5.19. The summed E-state index contributed by atoms with van der Waals surface area (Å²) in [5, 5.41) is 3.96. The largest absolute Gasteiger partial charge is 0.378 e. The van der Waals surface area contributed by atoms with Crippen LogP contribution in [0.3, 0.4) is 0 Å². The van der Waals surface area contributed by atoms with Gasteiger partial charge < -0.3 is 11.1 Å². The maximum atomic E-state index is 5.48. The fourth-order valence-electron chi connectivity index (χ4n) is 0.494. The Bertz CT molecular complexity index is 193. The van der Waals surface area contributed by atoms with E-state index in [0.29, 0.717) is 10.3 Å². The highest BCUT2D eigenvalue weighted by molar-refractivity contribution is 8.13. The summed E-state index contributed by atoms with van der Waals surface area (Å²) in [7, 11) is 0. The Hall–Kier alpha value is -0.290. The molecule has 0 bridgehead atoms. The Balaban J connectivity index is 4.08. The zero-order valence-electron chi connectivity index (χ0n) is 7.84. The van der Waals surface area contributed by atoms with Crippen LogP contribution in [-0.4, -0.2) is 22.1 Å². The van der Waals surface area contributed by atoms with Crippen molar-refractivity contribution in [2.75, 3.05) is 6.26 Å². The van der Waals surface area contributed by atoms with Crippen LogP contribution in [0.15, 0.2) is 4.99 Å². The number of nitrogens with two attached hydrogens (primary N) is 1. The molecule has 0 spiro atoms. The van der Waals surface area contributed by atoms with Gasteiger partial charge in [0.2, 0.25) is 0 Å².